The molecule has 0 bridgehead atoms. The van der Waals surface area contributed by atoms with Gasteiger partial charge in [-0.3, -0.25) is 4.79 Å². The fourth-order valence-electron chi connectivity index (χ4n) is 2.38. The summed E-state index contributed by atoms with van der Waals surface area (Å²) >= 11 is 0. The summed E-state index contributed by atoms with van der Waals surface area (Å²) in [7, 11) is 0. The summed E-state index contributed by atoms with van der Waals surface area (Å²) in [4.78, 5) is 11.9. The highest BCUT2D eigenvalue weighted by atomic mass is 19.4. The zero-order chi connectivity index (χ0) is 14.6. The van der Waals surface area contributed by atoms with Crippen LogP contribution in [0.5, 0.6) is 0 Å². The molecule has 1 aromatic rings. The number of hydrogen-bond acceptors (Lipinski definition) is 2. The Hall–Kier alpha value is -1.50. The van der Waals surface area contributed by atoms with Crippen LogP contribution >= 0.6 is 0 Å². The zero-order valence-electron chi connectivity index (χ0n) is 11.0. The largest absolute Gasteiger partial charge is 0.406 e. The van der Waals surface area contributed by atoms with Crippen molar-refractivity contribution in [2.45, 2.75) is 25.6 Å². The molecule has 20 heavy (non-hydrogen) atoms. The van der Waals surface area contributed by atoms with Gasteiger partial charge in [0.05, 0.1) is 0 Å². The summed E-state index contributed by atoms with van der Waals surface area (Å²) in [5.41, 5.74) is 0.0473. The molecular weight excluding hydrogens is 271 g/mol. The summed E-state index contributed by atoms with van der Waals surface area (Å²) < 4.78 is 38.1. The first kappa shape index (κ1) is 14.9. The average molecular weight is 289 g/mol. The molecule has 0 spiro atoms. The van der Waals surface area contributed by atoms with E-state index in [-0.39, 0.29) is 5.69 Å². The first-order valence-electron chi connectivity index (χ1n) is 6.66. The van der Waals surface area contributed by atoms with E-state index >= 15 is 0 Å². The molecule has 2 heterocycles. The van der Waals surface area contributed by atoms with E-state index in [1.807, 2.05) is 0 Å². The van der Waals surface area contributed by atoms with Gasteiger partial charge in [-0.25, -0.2) is 0 Å². The van der Waals surface area contributed by atoms with Crippen LogP contribution in [0.1, 0.15) is 23.3 Å². The number of nitrogens with one attached hydrogen (secondary N) is 2. The fourth-order valence-corrected chi connectivity index (χ4v) is 2.38. The van der Waals surface area contributed by atoms with Gasteiger partial charge in [-0.05, 0) is 44.0 Å². The van der Waals surface area contributed by atoms with Crippen LogP contribution in [0.4, 0.5) is 13.2 Å². The van der Waals surface area contributed by atoms with E-state index < -0.39 is 18.6 Å². The van der Waals surface area contributed by atoms with Crippen LogP contribution in [0.25, 0.3) is 0 Å². The number of rotatable bonds is 4. The normalized spacial score (nSPS) is 19.9. The number of carbonyl (C=O) groups is 1. The van der Waals surface area contributed by atoms with Crippen molar-refractivity contribution >= 4 is 5.91 Å². The minimum atomic E-state index is -4.33. The van der Waals surface area contributed by atoms with Gasteiger partial charge in [-0.2, -0.15) is 13.2 Å². The van der Waals surface area contributed by atoms with Gasteiger partial charge in [0.1, 0.15) is 12.2 Å². The van der Waals surface area contributed by atoms with Gasteiger partial charge in [-0.1, -0.05) is 0 Å². The van der Waals surface area contributed by atoms with Crippen LogP contribution < -0.4 is 10.6 Å². The molecule has 4 nitrogen and oxygen atoms in total. The van der Waals surface area contributed by atoms with E-state index in [1.54, 1.807) is 0 Å². The van der Waals surface area contributed by atoms with Crippen LogP contribution in [0.3, 0.4) is 0 Å². The van der Waals surface area contributed by atoms with Crippen molar-refractivity contribution in [3.05, 3.63) is 24.0 Å². The van der Waals surface area contributed by atoms with Crippen LogP contribution in [-0.2, 0) is 6.54 Å². The number of nitrogens with zero attached hydrogens (tertiary/aromatic N) is 1. The molecule has 0 aliphatic carbocycles. The molecule has 1 aliphatic rings. The zero-order valence-corrected chi connectivity index (χ0v) is 11.0. The number of aromatic nitrogens is 1. The van der Waals surface area contributed by atoms with Crippen molar-refractivity contribution in [3.8, 4) is 0 Å². The third kappa shape index (κ3) is 4.26. The fraction of sp³-hybridized carbons (Fsp3) is 0.615. The molecule has 1 aliphatic heterocycles. The van der Waals surface area contributed by atoms with Gasteiger partial charge in [-0.15, -0.1) is 0 Å². The minimum Gasteiger partial charge on any atom is -0.350 e. The van der Waals surface area contributed by atoms with Crippen molar-refractivity contribution < 1.29 is 18.0 Å². The Morgan fingerprint density at radius 2 is 2.30 bits per heavy atom. The van der Waals surface area contributed by atoms with Crippen LogP contribution in [0, 0.1) is 5.92 Å². The maximum atomic E-state index is 12.4. The van der Waals surface area contributed by atoms with Gasteiger partial charge >= 0.3 is 6.18 Å². The molecule has 0 radical (unpaired) electrons. The van der Waals surface area contributed by atoms with Gasteiger partial charge in [0, 0.05) is 12.7 Å². The van der Waals surface area contributed by atoms with Crippen LogP contribution in [0.2, 0.25) is 0 Å². The molecule has 1 saturated heterocycles. The molecule has 1 unspecified atom stereocenters. The average Bonchev–Trinajstić information content (AvgIpc) is 2.83. The molecule has 2 N–H and O–H groups in total. The Morgan fingerprint density at radius 1 is 1.50 bits per heavy atom. The van der Waals surface area contributed by atoms with Crippen molar-refractivity contribution in [1.29, 1.82) is 0 Å². The SMILES string of the molecule is O=C(NCC1CCCNC1)c1cccn1CC(F)(F)F. The van der Waals surface area contributed by atoms with Gasteiger partial charge < -0.3 is 15.2 Å². The lowest BCUT2D eigenvalue weighted by Crippen LogP contribution is -2.38. The van der Waals surface area contributed by atoms with E-state index in [0.29, 0.717) is 12.5 Å². The number of piperidine rings is 1. The minimum absolute atomic E-state index is 0.0473. The molecule has 0 aromatic carbocycles. The molecular formula is C13H18F3N3O. The lowest BCUT2D eigenvalue weighted by molar-refractivity contribution is -0.140. The van der Waals surface area contributed by atoms with E-state index in [2.05, 4.69) is 10.6 Å². The van der Waals surface area contributed by atoms with E-state index in [9.17, 15) is 18.0 Å². The molecule has 112 valence electrons. The predicted octanol–water partition coefficient (Wildman–Crippen LogP) is 1.78. The molecule has 1 fully saturated rings. The van der Waals surface area contributed by atoms with Gasteiger partial charge in [0.15, 0.2) is 0 Å². The lowest BCUT2D eigenvalue weighted by Gasteiger charge is -2.23. The number of hydrogen-bond donors (Lipinski definition) is 2. The second-order valence-electron chi connectivity index (χ2n) is 5.06. The van der Waals surface area contributed by atoms with Gasteiger partial charge in [0.25, 0.3) is 5.91 Å². The highest BCUT2D eigenvalue weighted by Crippen LogP contribution is 2.19. The monoisotopic (exact) mass is 289 g/mol. The van der Waals surface area contributed by atoms with E-state index in [0.717, 1.165) is 30.5 Å². The van der Waals surface area contributed by atoms with Crippen LogP contribution in [-0.4, -0.2) is 36.3 Å². The molecule has 2 rings (SSSR count). The van der Waals surface area contributed by atoms with Crippen molar-refractivity contribution in [3.63, 3.8) is 0 Å². The van der Waals surface area contributed by atoms with E-state index in [1.165, 1.54) is 18.3 Å². The molecule has 7 heteroatoms. The smallest absolute Gasteiger partial charge is 0.350 e. The summed E-state index contributed by atoms with van der Waals surface area (Å²) in [6, 6.07) is 2.85. The first-order chi connectivity index (χ1) is 9.46. The Morgan fingerprint density at radius 3 is 2.95 bits per heavy atom. The molecule has 1 amide bonds. The third-order valence-electron chi connectivity index (χ3n) is 3.36. The van der Waals surface area contributed by atoms with Crippen molar-refractivity contribution in [2.24, 2.45) is 5.92 Å². The lowest BCUT2D eigenvalue weighted by atomic mass is 10.00. The number of alkyl halides is 3. The van der Waals surface area contributed by atoms with Crippen molar-refractivity contribution in [2.75, 3.05) is 19.6 Å². The second kappa shape index (κ2) is 6.30. The summed E-state index contributed by atoms with van der Waals surface area (Å²) in [5.74, 6) is -0.108. The topological polar surface area (TPSA) is 46.1 Å². The maximum absolute atomic E-state index is 12.4. The summed E-state index contributed by atoms with van der Waals surface area (Å²) in [6.07, 6.45) is -0.978. The Kier molecular flexibility index (Phi) is 4.69. The van der Waals surface area contributed by atoms with Gasteiger partial charge in [0.2, 0.25) is 0 Å². The number of amides is 1. The predicted molar refractivity (Wildman–Crippen MR) is 68.4 cm³/mol. The molecule has 0 saturated carbocycles. The standard InChI is InChI=1S/C13H18F3N3O/c14-13(15,16)9-19-6-2-4-11(19)12(20)18-8-10-3-1-5-17-7-10/h2,4,6,10,17H,1,3,5,7-9H2,(H,18,20). The second-order valence-corrected chi connectivity index (χ2v) is 5.06. The van der Waals surface area contributed by atoms with E-state index in [4.69, 9.17) is 0 Å². The maximum Gasteiger partial charge on any atom is 0.406 e. The third-order valence-corrected chi connectivity index (χ3v) is 3.36. The Balaban J connectivity index is 1.90. The summed E-state index contributed by atoms with van der Waals surface area (Å²) in [5, 5.41) is 5.94. The Bertz CT molecular complexity index is 450. The molecule has 1 atom stereocenters. The highest BCUT2D eigenvalue weighted by molar-refractivity contribution is 5.92. The van der Waals surface area contributed by atoms with Crippen LogP contribution in [0.15, 0.2) is 18.3 Å². The van der Waals surface area contributed by atoms with Crippen molar-refractivity contribution in [1.82, 2.24) is 15.2 Å². The quantitative estimate of drug-likeness (QED) is 0.887. The molecule has 1 aromatic heterocycles. The summed E-state index contributed by atoms with van der Waals surface area (Å²) in [6.45, 7) is 1.17. The number of carbonyl (C=O) groups excluding carboxylic acids is 1. The number of halogens is 3. The highest BCUT2D eigenvalue weighted by Gasteiger charge is 2.29. The first-order valence-corrected chi connectivity index (χ1v) is 6.66. The Labute approximate surface area is 115 Å².